The number of anilines is 1. The Labute approximate surface area is 427 Å². The molecule has 0 radical (unpaired) electrons. The molecule has 2 heterocycles. The summed E-state index contributed by atoms with van der Waals surface area (Å²) in [6, 6.07) is 2.60. The number of hydrogen-bond donors (Lipinski definition) is 5. The van der Waals surface area contributed by atoms with E-state index in [1.807, 2.05) is 13.0 Å². The second kappa shape index (κ2) is 38.1. The number of benzene rings is 1. The van der Waals surface area contributed by atoms with Crippen molar-refractivity contribution in [2.24, 2.45) is 11.7 Å². The van der Waals surface area contributed by atoms with Crippen LogP contribution in [0, 0.1) is 12.8 Å². The molecule has 73 heavy (non-hydrogen) atoms. The highest BCUT2D eigenvalue weighted by Crippen LogP contribution is 2.18. The van der Waals surface area contributed by atoms with Crippen LogP contribution in [0.3, 0.4) is 0 Å². The van der Waals surface area contributed by atoms with Crippen LogP contribution in [0.15, 0.2) is 36.5 Å². The summed E-state index contributed by atoms with van der Waals surface area (Å²) < 4.78 is 56.4. The number of primary amides is 1. The fraction of sp³-hybridized carbons (Fsp3) is 0.667. The van der Waals surface area contributed by atoms with Crippen molar-refractivity contribution >= 4 is 41.3 Å². The Kier molecular flexibility index (Phi) is 32.3. The molecule has 6 N–H and O–H groups in total. The normalized spacial score (nSPS) is 13.2. The summed E-state index contributed by atoms with van der Waals surface area (Å²) in [6.45, 7) is 13.7. The molecule has 1 aromatic heterocycles. The van der Waals surface area contributed by atoms with Crippen molar-refractivity contribution in [2.45, 2.75) is 71.9 Å². The van der Waals surface area contributed by atoms with Gasteiger partial charge >= 0.3 is 6.03 Å². The molecule has 0 spiro atoms. The third-order valence-electron chi connectivity index (χ3n) is 10.5. The minimum Gasteiger partial charge on any atom is -0.382 e. The highest BCUT2D eigenvalue weighted by Gasteiger charge is 2.29. The van der Waals surface area contributed by atoms with Crippen LogP contribution in [0.4, 0.5) is 10.5 Å². The second-order valence-electron chi connectivity index (χ2n) is 16.7. The number of aryl methyl sites for hydroxylation is 1. The largest absolute Gasteiger partial charge is 0.382 e. The number of hydrogen-bond acceptors (Lipinski definition) is 18. The molecular weight excluding hydrogens is 959 g/mol. The van der Waals surface area contributed by atoms with Gasteiger partial charge in [0, 0.05) is 37.9 Å². The zero-order valence-electron chi connectivity index (χ0n) is 42.8. The van der Waals surface area contributed by atoms with E-state index in [1.54, 1.807) is 44.0 Å². The van der Waals surface area contributed by atoms with E-state index in [-0.39, 0.29) is 58.3 Å². The van der Waals surface area contributed by atoms with E-state index in [0.29, 0.717) is 123 Å². The van der Waals surface area contributed by atoms with Crippen LogP contribution in [-0.4, -0.2) is 200 Å². The number of carbonyl (C=O) groups is 6. The van der Waals surface area contributed by atoms with Crippen molar-refractivity contribution in [3.63, 3.8) is 0 Å². The summed E-state index contributed by atoms with van der Waals surface area (Å²) in [7, 11) is 1.63. The van der Waals surface area contributed by atoms with Crippen LogP contribution in [0.1, 0.15) is 49.9 Å². The molecule has 1 aromatic carbocycles. The maximum atomic E-state index is 13.7. The number of nitrogens with two attached hydrogens (primary N) is 1. The van der Waals surface area contributed by atoms with Gasteiger partial charge in [-0.1, -0.05) is 25.1 Å². The Hall–Kier alpha value is -5.48. The van der Waals surface area contributed by atoms with Gasteiger partial charge < -0.3 is 74.4 Å². The van der Waals surface area contributed by atoms with E-state index in [0.717, 1.165) is 16.0 Å². The van der Waals surface area contributed by atoms with Crippen LogP contribution >= 0.6 is 0 Å². The maximum Gasteiger partial charge on any atom is 0.312 e. The minimum absolute atomic E-state index is 0.0128. The van der Waals surface area contributed by atoms with Crippen LogP contribution in [0.2, 0.25) is 0 Å². The summed E-state index contributed by atoms with van der Waals surface area (Å²) in [4.78, 5) is 75.9. The molecule has 0 saturated heterocycles. The molecule has 25 heteroatoms. The van der Waals surface area contributed by atoms with Gasteiger partial charge in [0.25, 0.3) is 11.8 Å². The molecule has 25 nitrogen and oxygen atoms in total. The first-order valence-electron chi connectivity index (χ1n) is 24.5. The second-order valence-corrected chi connectivity index (χ2v) is 16.7. The number of nitrogens with zero attached hydrogens (tertiary/aromatic N) is 4. The van der Waals surface area contributed by atoms with Gasteiger partial charge in [0.1, 0.15) is 17.8 Å². The number of methoxy groups -OCH3 is 1. The molecule has 410 valence electrons. The highest BCUT2D eigenvalue weighted by atomic mass is 16.6. The lowest BCUT2D eigenvalue weighted by molar-refractivity contribution is -0.138. The lowest BCUT2D eigenvalue weighted by atomic mass is 10.0. The molecule has 0 fully saturated rings. The van der Waals surface area contributed by atoms with E-state index in [2.05, 4.69) is 31.6 Å². The number of nitrogens with one attached hydrogen (secondary N) is 4. The van der Waals surface area contributed by atoms with E-state index in [1.165, 1.54) is 12.2 Å². The Morgan fingerprint density at radius 1 is 0.671 bits per heavy atom. The van der Waals surface area contributed by atoms with Crippen LogP contribution in [0.5, 0.6) is 0 Å². The zero-order valence-corrected chi connectivity index (χ0v) is 42.8. The SMILES string of the molecule is COCCOCCOCCOCCOCCOCCOCCOCCn1cc(COCc2cc(NC(=O)[C@H](CCCNC(N)=O)NC(=O)[C@@H](NC(=O)CCOCCN3C(=O)C=CC3=O)C(C)C)ccc2C)nn1. The quantitative estimate of drug-likeness (QED) is 0.0444. The van der Waals surface area contributed by atoms with Crippen molar-refractivity contribution in [1.29, 1.82) is 0 Å². The number of amides is 7. The van der Waals surface area contributed by atoms with E-state index in [4.69, 9.17) is 53.1 Å². The molecule has 0 unspecified atom stereocenters. The molecule has 1 aliphatic rings. The topological polar surface area (TPSA) is 303 Å². The summed E-state index contributed by atoms with van der Waals surface area (Å²) >= 11 is 0. The smallest absolute Gasteiger partial charge is 0.312 e. The Balaban J connectivity index is 1.30. The van der Waals surface area contributed by atoms with Crippen molar-refractivity contribution in [3.8, 4) is 0 Å². The molecule has 2 atom stereocenters. The Morgan fingerprint density at radius 3 is 1.78 bits per heavy atom. The first kappa shape index (κ1) is 61.8. The number of rotatable bonds is 44. The minimum atomic E-state index is -1.04. The summed E-state index contributed by atoms with van der Waals surface area (Å²) in [5.41, 5.74) is 8.03. The van der Waals surface area contributed by atoms with Crippen LogP contribution in [0.25, 0.3) is 0 Å². The molecule has 1 aliphatic heterocycles. The fourth-order valence-corrected chi connectivity index (χ4v) is 6.54. The summed E-state index contributed by atoms with van der Waals surface area (Å²) in [5, 5.41) is 19.2. The van der Waals surface area contributed by atoms with Gasteiger partial charge in [0.2, 0.25) is 17.7 Å². The van der Waals surface area contributed by atoms with Gasteiger partial charge in [-0.3, -0.25) is 28.9 Å². The van der Waals surface area contributed by atoms with E-state index in [9.17, 15) is 28.8 Å². The number of ether oxygens (including phenoxy) is 10. The van der Waals surface area contributed by atoms with Gasteiger partial charge in [-0.2, -0.15) is 0 Å². The summed E-state index contributed by atoms with van der Waals surface area (Å²) in [5.74, 6) is -2.77. The van der Waals surface area contributed by atoms with Crippen LogP contribution in [-0.2, 0) is 91.1 Å². The third kappa shape index (κ3) is 28.0. The van der Waals surface area contributed by atoms with Gasteiger partial charge in [-0.25, -0.2) is 9.48 Å². The van der Waals surface area contributed by atoms with Crippen molar-refractivity contribution < 1.29 is 76.1 Å². The molecular formula is C48H77N9O16. The zero-order chi connectivity index (χ0) is 52.9. The average molecular weight is 1040 g/mol. The predicted molar refractivity (Wildman–Crippen MR) is 263 cm³/mol. The lowest BCUT2D eigenvalue weighted by Crippen LogP contribution is -2.54. The van der Waals surface area contributed by atoms with E-state index >= 15 is 0 Å². The Bertz CT molecular complexity index is 1940. The third-order valence-corrected chi connectivity index (χ3v) is 10.5. The number of carbonyl (C=O) groups excluding carboxylic acids is 6. The average Bonchev–Trinajstić information content (AvgIpc) is 3.95. The van der Waals surface area contributed by atoms with Crippen LogP contribution < -0.4 is 27.0 Å². The maximum absolute atomic E-state index is 13.7. The highest BCUT2D eigenvalue weighted by molar-refractivity contribution is 6.12. The van der Waals surface area contributed by atoms with Crippen molar-refractivity contribution in [2.75, 3.05) is 138 Å². The number of urea groups is 1. The Morgan fingerprint density at radius 2 is 1.22 bits per heavy atom. The molecule has 3 rings (SSSR count). The van der Waals surface area contributed by atoms with Gasteiger partial charge in [0.15, 0.2) is 0 Å². The lowest BCUT2D eigenvalue weighted by Gasteiger charge is -2.25. The fourth-order valence-electron chi connectivity index (χ4n) is 6.54. The number of aromatic nitrogens is 3. The van der Waals surface area contributed by atoms with Gasteiger partial charge in [-0.15, -0.1) is 5.10 Å². The standard InChI is InChI=1S/C48H77N9O16/c1-36(2)45(53-42(58)11-15-65-17-14-57-43(59)9-10-44(57)60)47(62)52-41(6-5-12-50-48(49)63)46(61)51-39-8-7-37(3)38(32-39)34-73-35-40-33-56(55-54-40)13-16-66-20-21-68-24-25-70-28-29-72-31-30-71-27-26-69-23-22-67-19-18-64-4/h7-10,32-33,36,41,45H,5-6,11-31,34-35H2,1-4H3,(H,51,61)(H,52,62)(H,53,58)(H3,49,50,63)/t41-,45-/m0/s1. The molecule has 0 bridgehead atoms. The number of imide groups is 1. The van der Waals surface area contributed by atoms with Crippen molar-refractivity contribution in [3.05, 3.63) is 53.4 Å². The first-order chi connectivity index (χ1) is 35.4. The van der Waals surface area contributed by atoms with Gasteiger partial charge in [-0.05, 0) is 48.9 Å². The monoisotopic (exact) mass is 1040 g/mol. The molecule has 2 aromatic rings. The van der Waals surface area contributed by atoms with Gasteiger partial charge in [0.05, 0.1) is 145 Å². The molecule has 0 aliphatic carbocycles. The first-order valence-corrected chi connectivity index (χ1v) is 24.5. The summed E-state index contributed by atoms with van der Waals surface area (Å²) in [6.07, 6.45) is 4.49. The van der Waals surface area contributed by atoms with E-state index < -0.39 is 47.7 Å². The molecule has 0 saturated carbocycles. The predicted octanol–water partition coefficient (Wildman–Crippen LogP) is 0.410. The van der Waals surface area contributed by atoms with Crippen molar-refractivity contribution in [1.82, 2.24) is 35.8 Å². The molecule has 7 amide bonds.